The van der Waals surface area contributed by atoms with Crippen LogP contribution in [0, 0.1) is 0 Å². The summed E-state index contributed by atoms with van der Waals surface area (Å²) in [4.78, 5) is 26.7. The van der Waals surface area contributed by atoms with Crippen LogP contribution in [0.1, 0.15) is 37.7 Å². The molecular formula is C18H25N3O3. The Kier molecular flexibility index (Phi) is 4.76. The summed E-state index contributed by atoms with van der Waals surface area (Å²) in [6.07, 6.45) is 3.74. The fourth-order valence-corrected chi connectivity index (χ4v) is 3.99. The molecule has 0 radical (unpaired) electrons. The number of alkyl carbamates (subject to hydrolysis) is 1. The Hall–Kier alpha value is -2.08. The van der Waals surface area contributed by atoms with Crippen molar-refractivity contribution in [1.29, 1.82) is 0 Å². The highest BCUT2D eigenvalue weighted by molar-refractivity contribution is 5.89. The van der Waals surface area contributed by atoms with E-state index in [0.717, 1.165) is 24.8 Å². The summed E-state index contributed by atoms with van der Waals surface area (Å²) in [6, 6.07) is 10.0. The van der Waals surface area contributed by atoms with E-state index in [4.69, 9.17) is 10.5 Å². The fraction of sp³-hybridized carbons (Fsp3) is 0.556. The molecule has 2 saturated heterocycles. The van der Waals surface area contributed by atoms with Crippen LogP contribution in [-0.4, -0.2) is 41.6 Å². The van der Waals surface area contributed by atoms with Gasteiger partial charge in [0.15, 0.2) is 0 Å². The highest BCUT2D eigenvalue weighted by Gasteiger charge is 2.49. The van der Waals surface area contributed by atoms with Crippen molar-refractivity contribution in [2.45, 2.75) is 56.3 Å². The Morgan fingerprint density at radius 1 is 1.25 bits per heavy atom. The van der Waals surface area contributed by atoms with Crippen LogP contribution >= 0.6 is 0 Å². The molecule has 24 heavy (non-hydrogen) atoms. The van der Waals surface area contributed by atoms with E-state index >= 15 is 0 Å². The summed E-state index contributed by atoms with van der Waals surface area (Å²) in [6.45, 7) is 0.175. The van der Waals surface area contributed by atoms with Crippen LogP contribution < -0.4 is 11.1 Å². The van der Waals surface area contributed by atoms with Crippen molar-refractivity contribution < 1.29 is 14.3 Å². The molecule has 3 N–H and O–H groups in total. The van der Waals surface area contributed by atoms with Crippen molar-refractivity contribution in [2.75, 3.05) is 7.05 Å². The quantitative estimate of drug-likeness (QED) is 0.881. The SMILES string of the molecule is CN1C2CCCC1CC(NC(=O)OCc1ccccc1)(C(N)=O)C2. The van der Waals surface area contributed by atoms with E-state index in [1.807, 2.05) is 30.3 Å². The number of ether oxygens (including phenoxy) is 1. The molecule has 0 spiro atoms. The molecule has 1 aromatic carbocycles. The van der Waals surface area contributed by atoms with Crippen LogP contribution in [0.2, 0.25) is 0 Å². The maximum Gasteiger partial charge on any atom is 0.408 e. The number of fused-ring (bicyclic) bond motifs is 2. The van der Waals surface area contributed by atoms with E-state index in [1.54, 1.807) is 0 Å². The molecule has 1 aromatic rings. The Bertz CT molecular complexity index is 591. The molecule has 6 heteroatoms. The zero-order valence-corrected chi connectivity index (χ0v) is 14.0. The topological polar surface area (TPSA) is 84.7 Å². The number of nitrogens with two attached hydrogens (primary N) is 1. The van der Waals surface area contributed by atoms with E-state index in [9.17, 15) is 9.59 Å². The number of rotatable bonds is 4. The summed E-state index contributed by atoms with van der Waals surface area (Å²) >= 11 is 0. The molecule has 0 saturated carbocycles. The van der Waals surface area contributed by atoms with E-state index in [0.29, 0.717) is 12.8 Å². The number of carbonyl (C=O) groups excluding carboxylic acids is 2. The van der Waals surface area contributed by atoms with Crippen LogP contribution in [0.4, 0.5) is 4.79 Å². The molecule has 0 aromatic heterocycles. The van der Waals surface area contributed by atoms with Gasteiger partial charge in [0.1, 0.15) is 12.1 Å². The Labute approximate surface area is 142 Å². The van der Waals surface area contributed by atoms with Crippen molar-refractivity contribution in [3.05, 3.63) is 35.9 Å². The third-order valence-corrected chi connectivity index (χ3v) is 5.42. The minimum absolute atomic E-state index is 0.175. The molecule has 0 aliphatic carbocycles. The summed E-state index contributed by atoms with van der Waals surface area (Å²) in [5.74, 6) is -0.468. The van der Waals surface area contributed by atoms with Crippen molar-refractivity contribution in [3.63, 3.8) is 0 Å². The first kappa shape index (κ1) is 16.8. The fourth-order valence-electron chi connectivity index (χ4n) is 3.99. The van der Waals surface area contributed by atoms with Crippen molar-refractivity contribution in [2.24, 2.45) is 5.73 Å². The molecule has 2 unspecified atom stereocenters. The summed E-state index contributed by atoms with van der Waals surface area (Å²) in [5, 5.41) is 2.79. The van der Waals surface area contributed by atoms with E-state index in [1.165, 1.54) is 0 Å². The monoisotopic (exact) mass is 331 g/mol. The molecule has 130 valence electrons. The summed E-state index contributed by atoms with van der Waals surface area (Å²) in [5.41, 5.74) is 5.58. The van der Waals surface area contributed by atoms with Gasteiger partial charge in [-0.1, -0.05) is 36.8 Å². The van der Waals surface area contributed by atoms with E-state index in [2.05, 4.69) is 17.3 Å². The lowest BCUT2D eigenvalue weighted by Crippen LogP contribution is -2.67. The maximum absolute atomic E-state index is 12.2. The Morgan fingerprint density at radius 2 is 1.88 bits per heavy atom. The first-order valence-electron chi connectivity index (χ1n) is 8.51. The lowest BCUT2D eigenvalue weighted by Gasteiger charge is -2.51. The number of carbonyl (C=O) groups is 2. The number of hydrogen-bond acceptors (Lipinski definition) is 4. The number of nitrogens with zero attached hydrogens (tertiary/aromatic N) is 1. The molecule has 2 amide bonds. The summed E-state index contributed by atoms with van der Waals surface area (Å²) < 4.78 is 5.28. The minimum atomic E-state index is -1.00. The number of nitrogens with one attached hydrogen (secondary N) is 1. The zero-order chi connectivity index (χ0) is 17.2. The molecule has 2 atom stereocenters. The second kappa shape index (κ2) is 6.81. The molecule has 6 nitrogen and oxygen atoms in total. The standard InChI is InChI=1S/C18H25N3O3/c1-21-14-8-5-9-15(21)11-18(10-14,16(19)22)20-17(23)24-12-13-6-3-2-4-7-13/h2-4,6-7,14-15H,5,8-12H2,1H3,(H2,19,22)(H,20,23). The van der Waals surface area contributed by atoms with Crippen LogP contribution in [0.3, 0.4) is 0 Å². The van der Waals surface area contributed by atoms with Crippen LogP contribution in [0.25, 0.3) is 0 Å². The van der Waals surface area contributed by atoms with Gasteiger partial charge in [0, 0.05) is 12.1 Å². The number of hydrogen-bond donors (Lipinski definition) is 2. The predicted octanol–water partition coefficient (Wildman–Crippen LogP) is 1.78. The van der Waals surface area contributed by atoms with Crippen LogP contribution in [0.15, 0.2) is 30.3 Å². The summed E-state index contributed by atoms with van der Waals surface area (Å²) in [7, 11) is 2.09. The highest BCUT2D eigenvalue weighted by Crippen LogP contribution is 2.38. The van der Waals surface area contributed by atoms with Gasteiger partial charge in [-0.3, -0.25) is 4.79 Å². The molecule has 2 fully saturated rings. The van der Waals surface area contributed by atoms with Crippen molar-refractivity contribution in [1.82, 2.24) is 10.2 Å². The van der Waals surface area contributed by atoms with Crippen molar-refractivity contribution >= 4 is 12.0 Å². The van der Waals surface area contributed by atoms with Gasteiger partial charge in [-0.05, 0) is 38.3 Å². The lowest BCUT2D eigenvalue weighted by atomic mass is 9.73. The minimum Gasteiger partial charge on any atom is -0.445 e. The molecule has 2 aliphatic rings. The van der Waals surface area contributed by atoms with Crippen molar-refractivity contribution in [3.8, 4) is 0 Å². The van der Waals surface area contributed by atoms with Gasteiger partial charge in [0.05, 0.1) is 0 Å². The Balaban J connectivity index is 1.66. The van der Waals surface area contributed by atoms with Gasteiger partial charge >= 0.3 is 6.09 Å². The van der Waals surface area contributed by atoms with E-state index in [-0.39, 0.29) is 18.7 Å². The molecule has 2 aliphatic heterocycles. The maximum atomic E-state index is 12.2. The molecule has 2 bridgehead atoms. The Morgan fingerprint density at radius 3 is 2.46 bits per heavy atom. The van der Waals surface area contributed by atoms with Gasteiger partial charge in [0.25, 0.3) is 0 Å². The molecular weight excluding hydrogens is 306 g/mol. The third-order valence-electron chi connectivity index (χ3n) is 5.42. The average Bonchev–Trinajstić information content (AvgIpc) is 2.55. The number of amides is 2. The second-order valence-corrected chi connectivity index (χ2v) is 6.95. The average molecular weight is 331 g/mol. The van der Waals surface area contributed by atoms with Gasteiger partial charge in [-0.2, -0.15) is 0 Å². The van der Waals surface area contributed by atoms with Crippen LogP contribution in [0.5, 0.6) is 0 Å². The predicted molar refractivity (Wildman–Crippen MR) is 90.1 cm³/mol. The third kappa shape index (κ3) is 3.38. The van der Waals surface area contributed by atoms with Crippen LogP contribution in [-0.2, 0) is 16.1 Å². The smallest absolute Gasteiger partial charge is 0.408 e. The number of benzene rings is 1. The first-order valence-corrected chi connectivity index (χ1v) is 8.51. The van der Waals surface area contributed by atoms with Gasteiger partial charge < -0.3 is 20.7 Å². The van der Waals surface area contributed by atoms with Gasteiger partial charge in [-0.15, -0.1) is 0 Å². The number of primary amides is 1. The zero-order valence-electron chi connectivity index (χ0n) is 14.0. The normalized spacial score (nSPS) is 29.7. The highest BCUT2D eigenvalue weighted by atomic mass is 16.5. The lowest BCUT2D eigenvalue weighted by molar-refractivity contribution is -0.129. The number of piperidine rings is 2. The van der Waals surface area contributed by atoms with Gasteiger partial charge in [0.2, 0.25) is 5.91 Å². The largest absolute Gasteiger partial charge is 0.445 e. The van der Waals surface area contributed by atoms with E-state index < -0.39 is 17.5 Å². The van der Waals surface area contributed by atoms with Gasteiger partial charge in [-0.25, -0.2) is 4.79 Å². The first-order chi connectivity index (χ1) is 11.5. The molecule has 3 rings (SSSR count). The molecule has 2 heterocycles. The second-order valence-electron chi connectivity index (χ2n) is 6.95.